The predicted molar refractivity (Wildman–Crippen MR) is 135 cm³/mol. The highest BCUT2D eigenvalue weighted by Gasteiger charge is 2.31. The van der Waals surface area contributed by atoms with Crippen molar-refractivity contribution in [2.75, 3.05) is 51.4 Å². The zero-order chi connectivity index (χ0) is 26.6. The number of amides is 1. The van der Waals surface area contributed by atoms with Crippen LogP contribution in [-0.4, -0.2) is 56.1 Å². The lowest BCUT2D eigenvalue weighted by Gasteiger charge is -2.26. The fourth-order valence-electron chi connectivity index (χ4n) is 3.70. The molecule has 1 aliphatic heterocycles. The normalized spacial score (nSPS) is 12.0. The van der Waals surface area contributed by atoms with Crippen LogP contribution in [0.15, 0.2) is 59.5 Å². The second kappa shape index (κ2) is 10.7. The van der Waals surface area contributed by atoms with Gasteiger partial charge in [0.1, 0.15) is 18.0 Å². The van der Waals surface area contributed by atoms with Crippen LogP contribution in [0, 0.1) is 0 Å². The molecule has 0 unspecified atom stereocenters. The van der Waals surface area contributed by atoms with Crippen molar-refractivity contribution in [3.8, 4) is 34.5 Å². The highest BCUT2D eigenvalue weighted by molar-refractivity contribution is 7.92. The van der Waals surface area contributed by atoms with Gasteiger partial charge in [0.15, 0.2) is 23.0 Å². The molecule has 196 valence electrons. The summed E-state index contributed by atoms with van der Waals surface area (Å²) in [5.74, 6) is 1.59. The van der Waals surface area contributed by atoms with Gasteiger partial charge in [-0.15, -0.1) is 0 Å². The Balaban J connectivity index is 1.74. The number of carbonyl (C=O) groups excluding carboxylic acids is 1. The molecule has 3 aromatic rings. The number of hydrogen-bond acceptors (Lipinski definition) is 9. The van der Waals surface area contributed by atoms with Gasteiger partial charge in [-0.2, -0.15) is 0 Å². The van der Waals surface area contributed by atoms with Crippen LogP contribution in [0.2, 0.25) is 0 Å². The van der Waals surface area contributed by atoms with E-state index in [2.05, 4.69) is 5.32 Å². The van der Waals surface area contributed by atoms with Crippen molar-refractivity contribution in [2.24, 2.45) is 0 Å². The highest BCUT2D eigenvalue weighted by Crippen LogP contribution is 2.38. The molecule has 0 saturated heterocycles. The average Bonchev–Trinajstić information content (AvgIpc) is 3.38. The van der Waals surface area contributed by atoms with Crippen LogP contribution in [0.1, 0.15) is 0 Å². The molecule has 1 heterocycles. The molecule has 3 aromatic carbocycles. The van der Waals surface area contributed by atoms with Crippen molar-refractivity contribution in [3.63, 3.8) is 0 Å². The number of nitrogens with zero attached hydrogens (tertiary/aromatic N) is 1. The van der Waals surface area contributed by atoms with Gasteiger partial charge in [-0.1, -0.05) is 0 Å². The maximum absolute atomic E-state index is 13.9. The minimum atomic E-state index is -4.31. The van der Waals surface area contributed by atoms with Crippen molar-refractivity contribution < 1.29 is 41.6 Å². The standard InChI is InChI=1S/C25H26N2O9S/c1-31-17-6-9-20(32-2)19(12-17)27(37(29,30)18-7-10-21(33-3)23(13-18)34-4)14-25(28)26-16-5-8-22-24(11-16)36-15-35-22/h5-13H,14-15H2,1-4H3,(H,26,28). The first-order valence-electron chi connectivity index (χ1n) is 11.0. The van der Waals surface area contributed by atoms with Gasteiger partial charge >= 0.3 is 0 Å². The molecular weight excluding hydrogens is 504 g/mol. The van der Waals surface area contributed by atoms with Gasteiger partial charge in [-0.25, -0.2) is 8.42 Å². The van der Waals surface area contributed by atoms with Crippen LogP contribution in [0.25, 0.3) is 0 Å². The molecule has 12 heteroatoms. The number of rotatable bonds is 10. The first kappa shape index (κ1) is 25.8. The quantitative estimate of drug-likeness (QED) is 0.421. The van der Waals surface area contributed by atoms with Crippen molar-refractivity contribution in [1.82, 2.24) is 0 Å². The van der Waals surface area contributed by atoms with Crippen molar-refractivity contribution >= 4 is 27.3 Å². The first-order chi connectivity index (χ1) is 17.8. The van der Waals surface area contributed by atoms with Crippen LogP contribution in [0.4, 0.5) is 11.4 Å². The molecule has 0 fully saturated rings. The number of carbonyl (C=O) groups is 1. The fraction of sp³-hybridized carbons (Fsp3) is 0.240. The summed E-state index contributed by atoms with van der Waals surface area (Å²) in [7, 11) is 1.39. The summed E-state index contributed by atoms with van der Waals surface area (Å²) >= 11 is 0. The average molecular weight is 531 g/mol. The maximum Gasteiger partial charge on any atom is 0.265 e. The summed E-state index contributed by atoms with van der Waals surface area (Å²) in [6, 6.07) is 13.7. The molecule has 1 N–H and O–H groups in total. The van der Waals surface area contributed by atoms with Gasteiger partial charge in [-0.05, 0) is 36.4 Å². The van der Waals surface area contributed by atoms with Gasteiger partial charge in [-0.3, -0.25) is 9.10 Å². The maximum atomic E-state index is 13.9. The van der Waals surface area contributed by atoms with Gasteiger partial charge in [0, 0.05) is 23.9 Å². The third-order valence-electron chi connectivity index (χ3n) is 5.54. The molecule has 0 radical (unpaired) electrons. The Morgan fingerprint density at radius 2 is 1.54 bits per heavy atom. The summed E-state index contributed by atoms with van der Waals surface area (Å²) in [5.41, 5.74) is 0.521. The Morgan fingerprint density at radius 1 is 0.838 bits per heavy atom. The van der Waals surface area contributed by atoms with Gasteiger partial charge in [0.05, 0.1) is 39.0 Å². The predicted octanol–water partition coefficient (Wildman–Crippen LogP) is 3.28. The molecule has 0 saturated carbocycles. The molecule has 11 nitrogen and oxygen atoms in total. The van der Waals surface area contributed by atoms with E-state index >= 15 is 0 Å². The van der Waals surface area contributed by atoms with E-state index in [1.54, 1.807) is 30.3 Å². The second-order valence-corrected chi connectivity index (χ2v) is 9.54. The van der Waals surface area contributed by atoms with Crippen LogP contribution >= 0.6 is 0 Å². The molecule has 0 atom stereocenters. The van der Waals surface area contributed by atoms with Gasteiger partial charge in [0.25, 0.3) is 10.0 Å². The molecule has 0 aromatic heterocycles. The third-order valence-corrected chi connectivity index (χ3v) is 7.30. The lowest BCUT2D eigenvalue weighted by atomic mass is 10.2. The van der Waals surface area contributed by atoms with E-state index in [4.69, 9.17) is 28.4 Å². The van der Waals surface area contributed by atoms with Crippen LogP contribution in [0.5, 0.6) is 34.5 Å². The van der Waals surface area contributed by atoms with E-state index in [0.29, 0.717) is 28.7 Å². The third kappa shape index (κ3) is 5.28. The summed E-state index contributed by atoms with van der Waals surface area (Å²) in [5, 5.41) is 2.70. The molecule has 37 heavy (non-hydrogen) atoms. The number of anilines is 2. The SMILES string of the molecule is COc1ccc(OC)c(N(CC(=O)Nc2ccc3c(c2)OCO3)S(=O)(=O)c2ccc(OC)c(OC)c2)c1. The molecule has 0 aliphatic carbocycles. The number of ether oxygens (including phenoxy) is 6. The fourth-order valence-corrected chi connectivity index (χ4v) is 5.14. The Bertz CT molecular complexity index is 1410. The molecule has 0 spiro atoms. The van der Waals surface area contributed by atoms with Crippen molar-refractivity contribution in [2.45, 2.75) is 4.90 Å². The van der Waals surface area contributed by atoms with E-state index in [1.165, 1.54) is 52.7 Å². The molecule has 1 amide bonds. The van der Waals surface area contributed by atoms with Crippen LogP contribution in [0.3, 0.4) is 0 Å². The highest BCUT2D eigenvalue weighted by atomic mass is 32.2. The number of sulfonamides is 1. The van der Waals surface area contributed by atoms with Crippen molar-refractivity contribution in [1.29, 1.82) is 0 Å². The van der Waals surface area contributed by atoms with Gasteiger partial charge in [0.2, 0.25) is 12.7 Å². The molecule has 1 aliphatic rings. The second-order valence-electron chi connectivity index (χ2n) is 7.68. The number of nitrogens with one attached hydrogen (secondary N) is 1. The van der Waals surface area contributed by atoms with E-state index < -0.39 is 22.5 Å². The lowest BCUT2D eigenvalue weighted by Crippen LogP contribution is -2.38. The van der Waals surface area contributed by atoms with E-state index in [1.807, 2.05) is 0 Å². The lowest BCUT2D eigenvalue weighted by molar-refractivity contribution is -0.114. The van der Waals surface area contributed by atoms with E-state index in [9.17, 15) is 13.2 Å². The zero-order valence-corrected chi connectivity index (χ0v) is 21.5. The Morgan fingerprint density at radius 3 is 2.24 bits per heavy atom. The van der Waals surface area contributed by atoms with Crippen LogP contribution < -0.4 is 38.0 Å². The number of methoxy groups -OCH3 is 4. The zero-order valence-electron chi connectivity index (χ0n) is 20.6. The Kier molecular flexibility index (Phi) is 7.48. The van der Waals surface area contributed by atoms with Gasteiger partial charge < -0.3 is 33.7 Å². The Hall–Kier alpha value is -4.32. The van der Waals surface area contributed by atoms with Crippen molar-refractivity contribution in [3.05, 3.63) is 54.6 Å². The first-order valence-corrected chi connectivity index (χ1v) is 12.4. The minimum absolute atomic E-state index is 0.0830. The largest absolute Gasteiger partial charge is 0.497 e. The summed E-state index contributed by atoms with van der Waals surface area (Å²) in [6.45, 7) is -0.492. The van der Waals surface area contributed by atoms with E-state index in [-0.39, 0.29) is 28.9 Å². The Labute approximate surface area is 214 Å². The van der Waals surface area contributed by atoms with E-state index in [0.717, 1.165) is 4.31 Å². The van der Waals surface area contributed by atoms with Crippen LogP contribution in [-0.2, 0) is 14.8 Å². The molecule has 4 rings (SSSR count). The number of fused-ring (bicyclic) bond motifs is 1. The monoisotopic (exact) mass is 530 g/mol. The minimum Gasteiger partial charge on any atom is -0.497 e. The topological polar surface area (TPSA) is 122 Å². The summed E-state index contributed by atoms with van der Waals surface area (Å²) < 4.78 is 60.7. The summed E-state index contributed by atoms with van der Waals surface area (Å²) in [6.07, 6.45) is 0. The summed E-state index contributed by atoms with van der Waals surface area (Å²) in [4.78, 5) is 13.0. The molecule has 0 bridgehead atoms. The molecular formula is C25H26N2O9S. The number of benzene rings is 3. The smallest absolute Gasteiger partial charge is 0.265 e. The number of hydrogen-bond donors (Lipinski definition) is 1.